The minimum atomic E-state index is -0.866. The Morgan fingerprint density at radius 2 is 0.885 bits per heavy atom. The van der Waals surface area contributed by atoms with Gasteiger partial charge in [-0.15, -0.1) is 0 Å². The van der Waals surface area contributed by atoms with Crippen molar-refractivity contribution in [3.8, 4) is 0 Å². The average Bonchev–Trinajstić information content (AvgIpc) is 2.56. The van der Waals surface area contributed by atoms with Crippen LogP contribution >= 0.6 is 0 Å². The molecule has 4 heteroatoms. The number of nitrogens with zero attached hydrogens (tertiary/aromatic N) is 1. The maximum Gasteiger partial charge on any atom is 0.151 e. The molecule has 0 aromatic rings. The fourth-order valence-corrected chi connectivity index (χ4v) is 3.72. The Hall–Kier alpha value is 0.170. The first-order valence-corrected chi connectivity index (χ1v) is 11.3. The summed E-state index contributed by atoms with van der Waals surface area (Å²) in [6, 6.07) is -0.0355. The first-order chi connectivity index (χ1) is 12.0. The van der Waals surface area contributed by atoms with Crippen LogP contribution < -0.4 is 12.4 Å². The van der Waals surface area contributed by atoms with E-state index in [1.54, 1.807) is 0 Å². The van der Waals surface area contributed by atoms with Gasteiger partial charge in [-0.3, -0.25) is 0 Å². The summed E-state index contributed by atoms with van der Waals surface area (Å²) in [4.78, 5) is -0.866. The van der Waals surface area contributed by atoms with Crippen LogP contribution in [-0.4, -0.2) is 28.3 Å². The van der Waals surface area contributed by atoms with Crippen LogP contribution in [0.15, 0.2) is 0 Å². The third-order valence-corrected chi connectivity index (χ3v) is 5.55. The van der Waals surface area contributed by atoms with Gasteiger partial charge in [0.2, 0.25) is 0 Å². The van der Waals surface area contributed by atoms with Crippen LogP contribution in [0.5, 0.6) is 0 Å². The van der Waals surface area contributed by atoms with Gasteiger partial charge in [0.1, 0.15) is 7.05 Å². The summed E-state index contributed by atoms with van der Waals surface area (Å²) in [6.45, 7) is 4.31. The van der Waals surface area contributed by atoms with Crippen LogP contribution in [0.2, 0.25) is 0 Å². The molecule has 0 radical (unpaired) electrons. The van der Waals surface area contributed by atoms with Crippen LogP contribution in [0, 0.1) is 0 Å². The zero-order chi connectivity index (χ0) is 18.8. The standard InChI is InChI=1S/C22H48NO2.ClH/c1-4-6-7-8-9-10-11-12-13-14-15-16-17-18-19-20-21-22(5-2)23(3,24)25;/h22,24-25H,4-21H2,1-3H3;1H/q+1;/p-1. The largest absolute Gasteiger partial charge is 1.00 e. The summed E-state index contributed by atoms with van der Waals surface area (Å²) in [7, 11) is 1.46. The van der Waals surface area contributed by atoms with E-state index < -0.39 is 4.81 Å². The molecule has 0 amide bonds. The Labute approximate surface area is 170 Å². The molecule has 0 aliphatic rings. The second-order valence-electron chi connectivity index (χ2n) is 8.13. The van der Waals surface area contributed by atoms with Crippen molar-refractivity contribution in [1.82, 2.24) is 0 Å². The van der Waals surface area contributed by atoms with Crippen LogP contribution in [-0.2, 0) is 0 Å². The SMILES string of the molecule is CCCCCCCCCCCCCCCCCCC(CC)[N+](C)(O)O.[Cl-]. The predicted molar refractivity (Wildman–Crippen MR) is 108 cm³/mol. The van der Waals surface area contributed by atoms with Crippen molar-refractivity contribution in [2.24, 2.45) is 0 Å². The lowest BCUT2D eigenvalue weighted by atomic mass is 10.0. The van der Waals surface area contributed by atoms with Gasteiger partial charge in [0, 0.05) is 12.8 Å². The molecule has 1 atom stereocenters. The van der Waals surface area contributed by atoms with Gasteiger partial charge in [-0.05, 0) is 11.2 Å². The quantitative estimate of drug-likeness (QED) is 0.190. The summed E-state index contributed by atoms with van der Waals surface area (Å²) in [5, 5.41) is 19.2. The van der Waals surface area contributed by atoms with E-state index in [9.17, 15) is 10.4 Å². The lowest BCUT2D eigenvalue weighted by molar-refractivity contribution is -1.25. The maximum absolute atomic E-state index is 9.60. The van der Waals surface area contributed by atoms with Crippen molar-refractivity contribution < 1.29 is 27.6 Å². The number of hydrogen-bond acceptors (Lipinski definition) is 2. The van der Waals surface area contributed by atoms with Gasteiger partial charge >= 0.3 is 0 Å². The Bertz CT molecular complexity index is 269. The summed E-state index contributed by atoms with van der Waals surface area (Å²) >= 11 is 0. The molecule has 0 bridgehead atoms. The lowest BCUT2D eigenvalue weighted by Gasteiger charge is -2.25. The normalized spacial score (nSPS) is 12.8. The molecule has 1 unspecified atom stereocenters. The highest BCUT2D eigenvalue weighted by molar-refractivity contribution is 4.55. The number of unbranched alkanes of at least 4 members (excludes halogenated alkanes) is 15. The summed E-state index contributed by atoms with van der Waals surface area (Å²) in [6.07, 6.45) is 23.8. The Morgan fingerprint density at radius 1 is 0.577 bits per heavy atom. The monoisotopic (exact) mass is 393 g/mol. The first kappa shape index (κ1) is 28.4. The van der Waals surface area contributed by atoms with Gasteiger partial charge < -0.3 is 12.4 Å². The molecule has 0 heterocycles. The molecule has 160 valence electrons. The first-order valence-electron chi connectivity index (χ1n) is 11.3. The Balaban J connectivity index is 0. The number of hydrogen-bond donors (Lipinski definition) is 2. The fraction of sp³-hybridized carbons (Fsp3) is 1.00. The fourth-order valence-electron chi connectivity index (χ4n) is 3.72. The summed E-state index contributed by atoms with van der Waals surface area (Å²) < 4.78 is 0. The highest BCUT2D eigenvalue weighted by atomic mass is 35.5. The van der Waals surface area contributed by atoms with Gasteiger partial charge in [-0.1, -0.05) is 110 Å². The second-order valence-corrected chi connectivity index (χ2v) is 8.13. The number of rotatable bonds is 19. The van der Waals surface area contributed by atoms with Crippen LogP contribution in [0.3, 0.4) is 0 Å². The molecule has 26 heavy (non-hydrogen) atoms. The number of halogens is 1. The van der Waals surface area contributed by atoms with Crippen molar-refractivity contribution >= 4 is 0 Å². The molecule has 0 rings (SSSR count). The highest BCUT2D eigenvalue weighted by Gasteiger charge is 2.27. The van der Waals surface area contributed by atoms with Gasteiger partial charge in [-0.2, -0.15) is 10.4 Å². The van der Waals surface area contributed by atoms with Gasteiger partial charge in [0.15, 0.2) is 6.04 Å². The zero-order valence-corrected chi connectivity index (χ0v) is 18.8. The van der Waals surface area contributed by atoms with Gasteiger partial charge in [0.25, 0.3) is 0 Å². The Kier molecular flexibility index (Phi) is 21.7. The molecular formula is C22H48ClNO2. The summed E-state index contributed by atoms with van der Waals surface area (Å²) in [5.41, 5.74) is 0. The van der Waals surface area contributed by atoms with E-state index in [-0.39, 0.29) is 18.4 Å². The van der Waals surface area contributed by atoms with E-state index in [1.807, 2.05) is 6.92 Å². The minimum absolute atomic E-state index is 0. The molecule has 0 aromatic carbocycles. The van der Waals surface area contributed by atoms with E-state index in [0.29, 0.717) is 0 Å². The van der Waals surface area contributed by atoms with Crippen molar-refractivity contribution in [2.75, 3.05) is 7.05 Å². The van der Waals surface area contributed by atoms with Crippen molar-refractivity contribution in [1.29, 1.82) is 0 Å². The second kappa shape index (κ2) is 19.9. The van der Waals surface area contributed by atoms with Crippen molar-refractivity contribution in [3.63, 3.8) is 0 Å². The number of quaternary nitrogens is 1. The highest BCUT2D eigenvalue weighted by Crippen LogP contribution is 2.17. The average molecular weight is 394 g/mol. The molecule has 2 N–H and O–H groups in total. The topological polar surface area (TPSA) is 40.5 Å². The molecule has 0 aromatic heterocycles. The third kappa shape index (κ3) is 18.9. The maximum atomic E-state index is 9.60. The van der Waals surface area contributed by atoms with E-state index in [1.165, 1.54) is 103 Å². The van der Waals surface area contributed by atoms with Crippen molar-refractivity contribution in [2.45, 2.75) is 135 Å². The summed E-state index contributed by atoms with van der Waals surface area (Å²) in [5.74, 6) is 0. The van der Waals surface area contributed by atoms with Crippen LogP contribution in [0.4, 0.5) is 0 Å². The molecule has 0 fully saturated rings. The Morgan fingerprint density at radius 3 is 1.15 bits per heavy atom. The van der Waals surface area contributed by atoms with E-state index in [0.717, 1.165) is 19.3 Å². The van der Waals surface area contributed by atoms with Crippen molar-refractivity contribution in [3.05, 3.63) is 0 Å². The molecule has 0 aliphatic heterocycles. The molecule has 0 saturated heterocycles. The van der Waals surface area contributed by atoms with E-state index in [2.05, 4.69) is 6.92 Å². The van der Waals surface area contributed by atoms with E-state index in [4.69, 9.17) is 0 Å². The van der Waals surface area contributed by atoms with Gasteiger partial charge in [0.05, 0.1) is 0 Å². The molecule has 0 spiro atoms. The van der Waals surface area contributed by atoms with Gasteiger partial charge in [-0.25, -0.2) is 0 Å². The lowest BCUT2D eigenvalue weighted by Crippen LogP contribution is -3.00. The minimum Gasteiger partial charge on any atom is -1.00 e. The zero-order valence-electron chi connectivity index (χ0n) is 18.0. The molecular weight excluding hydrogens is 346 g/mol. The molecule has 0 aliphatic carbocycles. The van der Waals surface area contributed by atoms with Crippen LogP contribution in [0.1, 0.15) is 129 Å². The molecule has 3 nitrogen and oxygen atoms in total. The number of hydroxylamine groups is 4. The third-order valence-electron chi connectivity index (χ3n) is 5.55. The molecule has 0 saturated carbocycles. The van der Waals surface area contributed by atoms with Crippen LogP contribution in [0.25, 0.3) is 0 Å². The predicted octanol–water partition coefficient (Wildman–Crippen LogP) is 4.65. The van der Waals surface area contributed by atoms with E-state index >= 15 is 0 Å². The smallest absolute Gasteiger partial charge is 0.151 e.